The molecule has 0 aliphatic carbocycles. The first kappa shape index (κ1) is 15.9. The van der Waals surface area contributed by atoms with Crippen molar-refractivity contribution < 1.29 is 9.18 Å². The predicted octanol–water partition coefficient (Wildman–Crippen LogP) is 1.64. The number of carbonyl (C=O) groups excluding carboxylic acids is 1. The zero-order valence-electron chi connectivity index (χ0n) is 12.8. The maximum absolute atomic E-state index is 13.0. The fraction of sp³-hybridized carbons (Fsp3) is 0.562. The molecule has 0 aromatic heterocycles. The second kappa shape index (κ2) is 7.52. The van der Waals surface area contributed by atoms with Gasteiger partial charge in [-0.1, -0.05) is 12.1 Å². The van der Waals surface area contributed by atoms with Crippen LogP contribution in [-0.2, 0) is 4.79 Å². The number of nitrogens with zero attached hydrogens (tertiary/aromatic N) is 2. The Bertz CT molecular complexity index is 455. The molecule has 0 radical (unpaired) electrons. The summed E-state index contributed by atoms with van der Waals surface area (Å²) < 4.78 is 13.0. The van der Waals surface area contributed by atoms with E-state index in [0.717, 1.165) is 25.2 Å². The highest BCUT2D eigenvalue weighted by Gasteiger charge is 2.22. The van der Waals surface area contributed by atoms with Gasteiger partial charge in [0.25, 0.3) is 0 Å². The van der Waals surface area contributed by atoms with E-state index >= 15 is 0 Å². The van der Waals surface area contributed by atoms with Crippen molar-refractivity contribution in [1.82, 2.24) is 15.1 Å². The van der Waals surface area contributed by atoms with Gasteiger partial charge in [-0.25, -0.2) is 4.39 Å². The zero-order chi connectivity index (χ0) is 15.2. The molecule has 5 heteroatoms. The molecule has 4 nitrogen and oxygen atoms in total. The fourth-order valence-electron chi connectivity index (χ4n) is 2.77. The molecule has 0 spiro atoms. The topological polar surface area (TPSA) is 35.6 Å². The monoisotopic (exact) mass is 293 g/mol. The number of carbonyl (C=O) groups is 1. The number of hydrogen-bond acceptors (Lipinski definition) is 3. The van der Waals surface area contributed by atoms with Crippen LogP contribution in [0.15, 0.2) is 24.3 Å². The first-order valence-electron chi connectivity index (χ1n) is 7.50. The van der Waals surface area contributed by atoms with Crippen LogP contribution in [0.2, 0.25) is 0 Å². The Morgan fingerprint density at radius 2 is 1.90 bits per heavy atom. The van der Waals surface area contributed by atoms with Crippen molar-refractivity contribution in [3.05, 3.63) is 35.6 Å². The molecule has 1 fully saturated rings. The lowest BCUT2D eigenvalue weighted by Crippen LogP contribution is -2.40. The molecule has 2 rings (SSSR count). The molecule has 1 amide bonds. The quantitative estimate of drug-likeness (QED) is 0.866. The number of rotatable bonds is 6. The molecule has 1 aliphatic heterocycles. The molecule has 116 valence electrons. The number of amides is 1. The minimum Gasteiger partial charge on any atom is -0.353 e. The smallest absolute Gasteiger partial charge is 0.241 e. The minimum atomic E-state index is -0.385. The molecule has 1 heterocycles. The van der Waals surface area contributed by atoms with Crippen molar-refractivity contribution in [1.29, 1.82) is 0 Å². The van der Waals surface area contributed by atoms with E-state index in [1.165, 1.54) is 25.0 Å². The van der Waals surface area contributed by atoms with E-state index < -0.39 is 0 Å². The van der Waals surface area contributed by atoms with Gasteiger partial charge in [-0.15, -0.1) is 0 Å². The summed E-state index contributed by atoms with van der Waals surface area (Å²) in [4.78, 5) is 16.6. The Morgan fingerprint density at radius 3 is 2.48 bits per heavy atom. The fourth-order valence-corrected chi connectivity index (χ4v) is 2.77. The normalized spacial score (nSPS) is 17.1. The molecule has 1 N–H and O–H groups in total. The molecule has 0 bridgehead atoms. The molecule has 1 aromatic rings. The van der Waals surface area contributed by atoms with Crippen molar-refractivity contribution >= 4 is 5.91 Å². The van der Waals surface area contributed by atoms with Crippen molar-refractivity contribution in [3.63, 3.8) is 0 Å². The maximum atomic E-state index is 13.0. The third-order valence-corrected chi connectivity index (χ3v) is 3.88. The average molecular weight is 293 g/mol. The summed E-state index contributed by atoms with van der Waals surface area (Å²) in [5, 5.41) is 2.99. The lowest BCUT2D eigenvalue weighted by molar-refractivity contribution is -0.125. The maximum Gasteiger partial charge on any atom is 0.241 e. The van der Waals surface area contributed by atoms with Crippen LogP contribution < -0.4 is 5.32 Å². The number of likely N-dealkylation sites (tertiary alicyclic amines) is 1. The Kier molecular flexibility index (Phi) is 5.70. The van der Waals surface area contributed by atoms with Gasteiger partial charge in [0.15, 0.2) is 0 Å². The third-order valence-electron chi connectivity index (χ3n) is 3.88. The molecular formula is C16H24FN3O. The largest absolute Gasteiger partial charge is 0.353 e. The van der Waals surface area contributed by atoms with E-state index in [4.69, 9.17) is 0 Å². The van der Waals surface area contributed by atoms with Gasteiger partial charge in [-0.2, -0.15) is 0 Å². The third kappa shape index (κ3) is 4.51. The molecule has 1 aliphatic rings. The molecule has 1 atom stereocenters. The predicted molar refractivity (Wildman–Crippen MR) is 81.5 cm³/mol. The van der Waals surface area contributed by atoms with Crippen molar-refractivity contribution in [2.75, 3.05) is 40.3 Å². The summed E-state index contributed by atoms with van der Waals surface area (Å²) in [6.45, 7) is 3.82. The lowest BCUT2D eigenvalue weighted by Gasteiger charge is -2.24. The zero-order valence-corrected chi connectivity index (χ0v) is 12.8. The molecule has 1 aromatic carbocycles. The Balaban J connectivity index is 1.90. The summed E-state index contributed by atoms with van der Waals surface area (Å²) in [6, 6.07) is 5.73. The van der Waals surface area contributed by atoms with Gasteiger partial charge in [-0.05, 0) is 57.7 Å². The van der Waals surface area contributed by atoms with Crippen molar-refractivity contribution in [2.45, 2.75) is 18.9 Å². The second-order valence-electron chi connectivity index (χ2n) is 5.76. The highest BCUT2D eigenvalue weighted by Crippen LogP contribution is 2.18. The summed E-state index contributed by atoms with van der Waals surface area (Å²) in [5.41, 5.74) is 0.806. The molecule has 21 heavy (non-hydrogen) atoms. The second-order valence-corrected chi connectivity index (χ2v) is 5.76. The van der Waals surface area contributed by atoms with Gasteiger partial charge in [0.1, 0.15) is 11.9 Å². The Labute approximate surface area is 125 Å². The van der Waals surface area contributed by atoms with E-state index in [0.29, 0.717) is 6.54 Å². The van der Waals surface area contributed by atoms with Crippen LogP contribution in [0.25, 0.3) is 0 Å². The minimum absolute atomic E-state index is 0.0363. The van der Waals surface area contributed by atoms with E-state index in [1.807, 2.05) is 19.0 Å². The first-order chi connectivity index (χ1) is 10.1. The molecular weight excluding hydrogens is 269 g/mol. The van der Waals surface area contributed by atoms with Crippen LogP contribution in [0.4, 0.5) is 4.39 Å². The van der Waals surface area contributed by atoms with Crippen LogP contribution in [-0.4, -0.2) is 56.0 Å². The summed E-state index contributed by atoms with van der Waals surface area (Å²) in [5.74, 6) is -0.323. The van der Waals surface area contributed by atoms with Crippen LogP contribution in [0, 0.1) is 5.82 Å². The number of hydrogen-bond donors (Lipinski definition) is 1. The lowest BCUT2D eigenvalue weighted by atomic mass is 10.1. The molecule has 1 unspecified atom stereocenters. The van der Waals surface area contributed by atoms with Gasteiger partial charge in [0.05, 0.1) is 0 Å². The first-order valence-corrected chi connectivity index (χ1v) is 7.50. The summed E-state index contributed by atoms with van der Waals surface area (Å²) in [6.07, 6.45) is 2.51. The average Bonchev–Trinajstić information content (AvgIpc) is 2.94. The van der Waals surface area contributed by atoms with Gasteiger partial charge >= 0.3 is 0 Å². The highest BCUT2D eigenvalue weighted by molar-refractivity contribution is 5.83. The van der Waals surface area contributed by atoms with E-state index in [1.54, 1.807) is 12.1 Å². The van der Waals surface area contributed by atoms with Gasteiger partial charge < -0.3 is 10.2 Å². The molecule has 0 saturated carbocycles. The Morgan fingerprint density at radius 1 is 1.29 bits per heavy atom. The standard InChI is InChI=1S/C16H24FN3O/c1-19(2)15(13-5-7-14(17)8-6-13)16(21)18-9-12-20-10-3-4-11-20/h5-8,15H,3-4,9-12H2,1-2H3,(H,18,21). The van der Waals surface area contributed by atoms with Crippen LogP contribution in [0.1, 0.15) is 24.4 Å². The number of likely N-dealkylation sites (N-methyl/N-ethyl adjacent to an activating group) is 1. The van der Waals surface area contributed by atoms with Crippen LogP contribution >= 0.6 is 0 Å². The van der Waals surface area contributed by atoms with Crippen molar-refractivity contribution in [2.24, 2.45) is 0 Å². The van der Waals surface area contributed by atoms with E-state index in [2.05, 4.69) is 10.2 Å². The van der Waals surface area contributed by atoms with Gasteiger partial charge in [-0.3, -0.25) is 9.69 Å². The van der Waals surface area contributed by atoms with E-state index in [9.17, 15) is 9.18 Å². The summed E-state index contributed by atoms with van der Waals surface area (Å²) in [7, 11) is 3.71. The Hall–Kier alpha value is -1.46. The highest BCUT2D eigenvalue weighted by atomic mass is 19.1. The van der Waals surface area contributed by atoms with E-state index in [-0.39, 0.29) is 17.8 Å². The number of benzene rings is 1. The summed E-state index contributed by atoms with van der Waals surface area (Å²) >= 11 is 0. The van der Waals surface area contributed by atoms with Crippen molar-refractivity contribution in [3.8, 4) is 0 Å². The SMILES string of the molecule is CN(C)C(C(=O)NCCN1CCCC1)c1ccc(F)cc1. The number of halogens is 1. The van der Waals surface area contributed by atoms with Crippen LogP contribution in [0.5, 0.6) is 0 Å². The number of nitrogens with one attached hydrogen (secondary N) is 1. The van der Waals surface area contributed by atoms with Crippen LogP contribution in [0.3, 0.4) is 0 Å². The molecule has 1 saturated heterocycles. The van der Waals surface area contributed by atoms with Gasteiger partial charge in [0, 0.05) is 13.1 Å². The van der Waals surface area contributed by atoms with Gasteiger partial charge in [0.2, 0.25) is 5.91 Å².